The van der Waals surface area contributed by atoms with Crippen LogP contribution >= 0.6 is 11.8 Å². The fourth-order valence-electron chi connectivity index (χ4n) is 9.11. The van der Waals surface area contributed by atoms with Crippen LogP contribution < -0.4 is 4.90 Å². The van der Waals surface area contributed by atoms with Crippen molar-refractivity contribution in [1.29, 1.82) is 0 Å². The molecule has 0 heterocycles. The molecule has 0 radical (unpaired) electrons. The summed E-state index contributed by atoms with van der Waals surface area (Å²) >= 11 is 1.65. The van der Waals surface area contributed by atoms with Crippen LogP contribution in [0.5, 0.6) is 0 Å². The molecule has 0 aromatic heterocycles. The number of benzene rings is 7. The van der Waals surface area contributed by atoms with E-state index in [1.54, 1.807) is 17.8 Å². The molecule has 7 aromatic rings. The molecule has 0 saturated carbocycles. The molecule has 0 fully saturated rings. The van der Waals surface area contributed by atoms with Gasteiger partial charge >= 0.3 is 11.9 Å². The molecule has 0 N–H and O–H groups in total. The number of hydrogen-bond donors (Lipinski definition) is 0. The first kappa shape index (κ1) is 44.2. The summed E-state index contributed by atoms with van der Waals surface area (Å²) in [6.45, 7) is 5.63. The minimum absolute atomic E-state index is 0.0167. The van der Waals surface area contributed by atoms with E-state index in [2.05, 4.69) is 116 Å². The molecule has 8 rings (SSSR count). The molecule has 0 atom stereocenters. The summed E-state index contributed by atoms with van der Waals surface area (Å²) in [5.74, 6) is 0.179. The van der Waals surface area contributed by atoms with Gasteiger partial charge in [0.15, 0.2) is 0 Å². The molecule has 64 heavy (non-hydrogen) atoms. The Morgan fingerprint density at radius 1 is 0.641 bits per heavy atom. The highest BCUT2D eigenvalue weighted by Crippen LogP contribution is 2.46. The van der Waals surface area contributed by atoms with Crippen molar-refractivity contribution in [1.82, 2.24) is 0 Å². The van der Waals surface area contributed by atoms with Crippen molar-refractivity contribution in [2.45, 2.75) is 52.4 Å². The maximum atomic E-state index is 13.1. The van der Waals surface area contributed by atoms with Crippen LogP contribution in [0.25, 0.3) is 49.2 Å². The predicted molar refractivity (Wildman–Crippen MR) is 267 cm³/mol. The predicted octanol–water partition coefficient (Wildman–Crippen LogP) is 13.0. The zero-order chi connectivity index (χ0) is 44.5. The lowest BCUT2D eigenvalue weighted by atomic mass is 9.75. The molecular formula is C57H55NO5S. The summed E-state index contributed by atoms with van der Waals surface area (Å²) in [6.07, 6.45) is 10.4. The van der Waals surface area contributed by atoms with E-state index in [1.165, 1.54) is 59.8 Å². The largest absolute Gasteiger partial charge is 0.465 e. The van der Waals surface area contributed by atoms with Gasteiger partial charge in [0.25, 0.3) is 0 Å². The minimum Gasteiger partial charge on any atom is -0.465 e. The zero-order valence-electron chi connectivity index (χ0n) is 37.0. The molecule has 1 aliphatic rings. The van der Waals surface area contributed by atoms with Crippen molar-refractivity contribution in [3.05, 3.63) is 178 Å². The van der Waals surface area contributed by atoms with Crippen molar-refractivity contribution >= 4 is 84.8 Å². The highest BCUT2D eigenvalue weighted by Gasteiger charge is 2.30. The normalized spacial score (nSPS) is 14.5. The Kier molecular flexibility index (Phi) is 14.1. The van der Waals surface area contributed by atoms with Gasteiger partial charge in [0.1, 0.15) is 19.5 Å². The molecule has 0 unspecified atom stereocenters. The van der Waals surface area contributed by atoms with Crippen LogP contribution in [0.2, 0.25) is 0 Å². The molecule has 1 aliphatic carbocycles. The van der Waals surface area contributed by atoms with Gasteiger partial charge < -0.3 is 14.4 Å². The number of aldehydes is 1. The van der Waals surface area contributed by atoms with E-state index in [0.29, 0.717) is 44.6 Å². The third-order valence-corrected chi connectivity index (χ3v) is 13.4. The molecule has 0 amide bonds. The molecule has 324 valence electrons. The molecule has 0 aliphatic heterocycles. The van der Waals surface area contributed by atoms with Crippen molar-refractivity contribution in [3.63, 3.8) is 0 Å². The first-order valence-electron chi connectivity index (χ1n) is 22.3. The number of hydrogen-bond acceptors (Lipinski definition) is 7. The maximum Gasteiger partial charge on any atom is 0.306 e. The van der Waals surface area contributed by atoms with Crippen LogP contribution in [-0.2, 0) is 36.7 Å². The van der Waals surface area contributed by atoms with Crippen LogP contribution in [0.4, 0.5) is 5.69 Å². The van der Waals surface area contributed by atoms with Crippen molar-refractivity contribution in [2.75, 3.05) is 37.5 Å². The van der Waals surface area contributed by atoms with E-state index < -0.39 is 0 Å². The smallest absolute Gasteiger partial charge is 0.306 e. The Labute approximate surface area is 380 Å². The van der Waals surface area contributed by atoms with Gasteiger partial charge in [0.2, 0.25) is 0 Å². The number of carbonyl (C=O) groups excluding carboxylic acids is 3. The number of esters is 2. The van der Waals surface area contributed by atoms with Gasteiger partial charge in [-0.25, -0.2) is 0 Å². The zero-order valence-corrected chi connectivity index (χ0v) is 37.8. The van der Waals surface area contributed by atoms with E-state index in [1.807, 2.05) is 55.6 Å². The number of thioether (sulfide) groups is 1. The van der Waals surface area contributed by atoms with E-state index in [9.17, 15) is 14.4 Å². The Morgan fingerprint density at radius 3 is 1.62 bits per heavy atom. The number of ether oxygens (including phenoxy) is 2. The maximum absolute atomic E-state index is 13.1. The molecule has 0 bridgehead atoms. The van der Waals surface area contributed by atoms with Crippen LogP contribution in [-0.4, -0.2) is 50.8 Å². The van der Waals surface area contributed by atoms with Crippen LogP contribution in [0.1, 0.15) is 56.2 Å². The Balaban J connectivity index is 0.845. The lowest BCUT2D eigenvalue weighted by molar-refractivity contribution is -0.144. The molecule has 0 saturated heterocycles. The van der Waals surface area contributed by atoms with E-state index >= 15 is 0 Å². The number of anilines is 1. The number of carbonyl (C=O) groups is 3. The highest BCUT2D eigenvalue weighted by molar-refractivity contribution is 8.03. The lowest BCUT2D eigenvalue weighted by Crippen LogP contribution is -2.24. The van der Waals surface area contributed by atoms with Gasteiger partial charge in [-0.1, -0.05) is 135 Å². The summed E-state index contributed by atoms with van der Waals surface area (Å²) < 4.78 is 11.5. The van der Waals surface area contributed by atoms with Gasteiger partial charge in [-0.3, -0.25) is 14.4 Å². The third-order valence-electron chi connectivity index (χ3n) is 12.2. The van der Waals surface area contributed by atoms with Gasteiger partial charge in [-0.15, -0.1) is 11.8 Å². The fourth-order valence-corrected chi connectivity index (χ4v) is 10.1. The van der Waals surface area contributed by atoms with Crippen LogP contribution in [0.3, 0.4) is 0 Å². The van der Waals surface area contributed by atoms with E-state index in [4.69, 9.17) is 9.47 Å². The second-order valence-corrected chi connectivity index (χ2v) is 18.5. The van der Waals surface area contributed by atoms with Crippen molar-refractivity contribution < 1.29 is 23.9 Å². The lowest BCUT2D eigenvalue weighted by Gasteiger charge is -2.34. The second-order valence-electron chi connectivity index (χ2n) is 17.4. The Bertz CT molecular complexity index is 2820. The standard InChI is InChI=1S/C57H55NO5S/c1-57(2)38-45(56(46(39-57)30-32-59)64-35-34-63-55(61)29-27-53-50-18-10-6-14-43(50)37-44-15-7-11-19-51(44)53)23-20-40-21-24-47(25-22-40)58(3)31-33-62-54(60)28-26-52-48-16-8-4-12-41(48)36-42-13-5-9-17-49(42)52/h4-25,30,32,36-37H,26-29,31,33-35,38-39H2,1-3H3/b23-20+,46-30+. The van der Waals surface area contributed by atoms with Gasteiger partial charge in [0.05, 0.1) is 6.54 Å². The topological polar surface area (TPSA) is 72.9 Å². The molecule has 7 heteroatoms. The number of nitrogens with zero attached hydrogens (tertiary/aromatic N) is 1. The number of rotatable bonds is 17. The van der Waals surface area contributed by atoms with Crippen molar-refractivity contribution in [2.24, 2.45) is 5.41 Å². The summed E-state index contributed by atoms with van der Waals surface area (Å²) in [7, 11) is 2.00. The third kappa shape index (κ3) is 10.7. The Hall–Kier alpha value is -6.44. The van der Waals surface area contributed by atoms with Crippen molar-refractivity contribution in [3.8, 4) is 0 Å². The monoisotopic (exact) mass is 865 g/mol. The number of fused-ring (bicyclic) bond motifs is 4. The summed E-state index contributed by atoms with van der Waals surface area (Å²) in [4.78, 5) is 41.0. The minimum atomic E-state index is -0.211. The number of allylic oxidation sites excluding steroid dienone is 4. The fraction of sp³-hybridized carbons (Fsp3) is 0.246. The highest BCUT2D eigenvalue weighted by atomic mass is 32.2. The quantitative estimate of drug-likeness (QED) is 0.0297. The first-order chi connectivity index (χ1) is 31.2. The SMILES string of the molecule is CN(CCOC(=O)CCc1c2ccccc2cc2ccccc12)c1ccc(/C=C/C2=C(SCCOC(=O)CCc3c4ccccc4cc4ccccc34)C(=C/C=O)/CC(C)(C)C2)cc1. The Morgan fingerprint density at radius 2 is 1.12 bits per heavy atom. The average Bonchev–Trinajstić information content (AvgIpc) is 3.30. The van der Waals surface area contributed by atoms with Crippen LogP contribution in [0, 0.1) is 5.41 Å². The van der Waals surface area contributed by atoms with Gasteiger partial charge in [-0.2, -0.15) is 0 Å². The molecular weight excluding hydrogens is 811 g/mol. The van der Waals surface area contributed by atoms with Gasteiger partial charge in [0, 0.05) is 36.2 Å². The van der Waals surface area contributed by atoms with E-state index in [-0.39, 0.29) is 24.0 Å². The summed E-state index contributed by atoms with van der Waals surface area (Å²) in [6, 6.07) is 46.1. The number of likely N-dealkylation sites (N-methyl/N-ethyl adjacent to an activating group) is 1. The first-order valence-corrected chi connectivity index (χ1v) is 23.2. The molecule has 7 aromatic carbocycles. The number of aryl methyl sites for hydroxylation is 2. The molecule has 0 spiro atoms. The van der Waals surface area contributed by atoms with Gasteiger partial charge in [-0.05, 0) is 132 Å². The average molecular weight is 866 g/mol. The molecule has 6 nitrogen and oxygen atoms in total. The summed E-state index contributed by atoms with van der Waals surface area (Å²) in [5.41, 5.74) is 6.61. The second kappa shape index (κ2) is 20.4. The van der Waals surface area contributed by atoms with Crippen LogP contribution in [0.15, 0.2) is 162 Å². The summed E-state index contributed by atoms with van der Waals surface area (Å²) in [5, 5.41) is 9.40. The van der Waals surface area contributed by atoms with E-state index in [0.717, 1.165) is 40.9 Å².